The number of methoxy groups -OCH3 is 1. The van der Waals surface area contributed by atoms with E-state index in [1.54, 1.807) is 31.4 Å². The summed E-state index contributed by atoms with van der Waals surface area (Å²) in [5, 5.41) is 6.68. The summed E-state index contributed by atoms with van der Waals surface area (Å²) >= 11 is 5.94. The molecular weight excluding hydrogens is 411 g/mol. The number of fused-ring (bicyclic) bond motifs is 1. The van der Waals surface area contributed by atoms with Gasteiger partial charge in [-0.05, 0) is 36.2 Å². The molecule has 0 bridgehead atoms. The third-order valence-corrected chi connectivity index (χ3v) is 4.69. The van der Waals surface area contributed by atoms with Gasteiger partial charge in [0.15, 0.2) is 0 Å². The fourth-order valence-electron chi connectivity index (χ4n) is 2.96. The maximum Gasteiger partial charge on any atom is 0.268 e. The molecule has 30 heavy (non-hydrogen) atoms. The van der Waals surface area contributed by atoms with Crippen LogP contribution in [0.25, 0.3) is 11.0 Å². The van der Waals surface area contributed by atoms with Gasteiger partial charge in [0, 0.05) is 38.3 Å². The molecule has 0 radical (unpaired) electrons. The number of rotatable bonds is 9. The predicted molar refractivity (Wildman–Crippen MR) is 112 cm³/mol. The van der Waals surface area contributed by atoms with Crippen molar-refractivity contribution in [1.82, 2.24) is 20.6 Å². The second-order valence-electron chi connectivity index (χ2n) is 6.77. The number of amides is 2. The van der Waals surface area contributed by atoms with Gasteiger partial charge in [-0.15, -0.1) is 0 Å². The summed E-state index contributed by atoms with van der Waals surface area (Å²) in [6, 6.07) is 8.28. The van der Waals surface area contributed by atoms with Crippen LogP contribution in [0.4, 0.5) is 4.39 Å². The first kappa shape index (κ1) is 21.7. The smallest absolute Gasteiger partial charge is 0.268 e. The molecule has 2 aromatic heterocycles. The SMILES string of the molecule is COCCCNC(=O)[C@H](Cc1ccc(F)cc1)NC(=O)c1cc2cc(Cl)cnc2[nH]1. The molecule has 0 fully saturated rings. The van der Waals surface area contributed by atoms with Gasteiger partial charge in [-0.3, -0.25) is 9.59 Å². The van der Waals surface area contributed by atoms with Crippen LogP contribution in [-0.4, -0.2) is 48.1 Å². The standard InChI is InChI=1S/C21H22ClFN4O3/c1-30-8-2-7-24-20(28)17(9-13-3-5-16(23)6-4-13)27-21(29)18-11-14-10-15(22)12-25-19(14)26-18/h3-6,10-12,17H,2,7-9H2,1H3,(H,24,28)(H,25,26)(H,27,29)/t17-/m0/s1. The lowest BCUT2D eigenvalue weighted by molar-refractivity contribution is -0.123. The van der Waals surface area contributed by atoms with Crippen molar-refractivity contribution in [2.45, 2.75) is 18.9 Å². The zero-order valence-corrected chi connectivity index (χ0v) is 17.1. The molecule has 1 atom stereocenters. The summed E-state index contributed by atoms with van der Waals surface area (Å²) in [5.41, 5.74) is 1.50. The third kappa shape index (κ3) is 5.77. The Bertz CT molecular complexity index is 1020. The lowest BCUT2D eigenvalue weighted by Crippen LogP contribution is -2.48. The number of hydrogen-bond acceptors (Lipinski definition) is 4. The number of hydrogen-bond donors (Lipinski definition) is 3. The third-order valence-electron chi connectivity index (χ3n) is 4.48. The van der Waals surface area contributed by atoms with Gasteiger partial charge in [0.1, 0.15) is 23.2 Å². The van der Waals surface area contributed by atoms with Crippen molar-refractivity contribution in [1.29, 1.82) is 0 Å². The zero-order valence-electron chi connectivity index (χ0n) is 16.4. The van der Waals surface area contributed by atoms with E-state index in [1.165, 1.54) is 18.3 Å². The summed E-state index contributed by atoms with van der Waals surface area (Å²) < 4.78 is 18.2. The second-order valence-corrected chi connectivity index (χ2v) is 7.20. The topological polar surface area (TPSA) is 96.1 Å². The van der Waals surface area contributed by atoms with E-state index in [4.69, 9.17) is 16.3 Å². The van der Waals surface area contributed by atoms with Gasteiger partial charge in [0.05, 0.1) is 5.02 Å². The Morgan fingerprint density at radius 1 is 1.27 bits per heavy atom. The zero-order chi connectivity index (χ0) is 21.5. The maximum absolute atomic E-state index is 13.2. The van der Waals surface area contributed by atoms with E-state index in [0.717, 1.165) is 5.56 Å². The number of nitrogens with zero attached hydrogens (tertiary/aromatic N) is 1. The highest BCUT2D eigenvalue weighted by Crippen LogP contribution is 2.18. The highest BCUT2D eigenvalue weighted by atomic mass is 35.5. The maximum atomic E-state index is 13.2. The van der Waals surface area contributed by atoms with Gasteiger partial charge in [-0.2, -0.15) is 0 Å². The van der Waals surface area contributed by atoms with Crippen molar-refractivity contribution in [3.8, 4) is 0 Å². The second kappa shape index (κ2) is 10.2. The number of ether oxygens (including phenoxy) is 1. The first-order valence-corrected chi connectivity index (χ1v) is 9.80. The van der Waals surface area contributed by atoms with E-state index in [-0.39, 0.29) is 23.8 Å². The summed E-state index contributed by atoms with van der Waals surface area (Å²) in [6.07, 6.45) is 2.34. The average molecular weight is 433 g/mol. The van der Waals surface area contributed by atoms with E-state index in [1.807, 2.05) is 0 Å². The van der Waals surface area contributed by atoms with Gasteiger partial charge < -0.3 is 20.4 Å². The molecular formula is C21H22ClFN4O3. The van der Waals surface area contributed by atoms with E-state index in [2.05, 4.69) is 20.6 Å². The predicted octanol–water partition coefficient (Wildman–Crippen LogP) is 2.85. The Hall–Kier alpha value is -2.97. The van der Waals surface area contributed by atoms with Gasteiger partial charge >= 0.3 is 0 Å². The number of benzene rings is 1. The molecule has 0 unspecified atom stereocenters. The fraction of sp³-hybridized carbons (Fsp3) is 0.286. The van der Waals surface area contributed by atoms with Crippen LogP contribution in [0.15, 0.2) is 42.6 Å². The molecule has 0 aliphatic carbocycles. The average Bonchev–Trinajstić information content (AvgIpc) is 3.15. The van der Waals surface area contributed by atoms with Gasteiger partial charge in [0.2, 0.25) is 5.91 Å². The summed E-state index contributed by atoms with van der Waals surface area (Å²) in [7, 11) is 1.59. The normalized spacial score (nSPS) is 12.0. The molecule has 0 saturated carbocycles. The Balaban J connectivity index is 1.74. The minimum absolute atomic E-state index is 0.215. The minimum atomic E-state index is -0.839. The van der Waals surface area contributed by atoms with Gasteiger partial charge in [0.25, 0.3) is 5.91 Å². The first-order valence-electron chi connectivity index (χ1n) is 9.42. The Morgan fingerprint density at radius 3 is 2.77 bits per heavy atom. The number of H-pyrrole nitrogens is 1. The molecule has 3 rings (SSSR count). The summed E-state index contributed by atoms with van der Waals surface area (Å²) in [6.45, 7) is 0.928. The fourth-order valence-corrected chi connectivity index (χ4v) is 3.13. The molecule has 0 aliphatic rings. The van der Waals surface area contributed by atoms with Crippen LogP contribution in [0.2, 0.25) is 5.02 Å². The number of aromatic amines is 1. The van der Waals surface area contributed by atoms with Crippen LogP contribution in [0.1, 0.15) is 22.5 Å². The van der Waals surface area contributed by atoms with Crippen molar-refractivity contribution in [3.63, 3.8) is 0 Å². The Labute approximate surface area is 178 Å². The molecule has 0 saturated heterocycles. The quantitative estimate of drug-likeness (QED) is 0.453. The number of pyridine rings is 1. The number of nitrogens with one attached hydrogen (secondary N) is 3. The number of aromatic nitrogens is 2. The molecule has 2 amide bonds. The lowest BCUT2D eigenvalue weighted by Gasteiger charge is -2.18. The van der Waals surface area contributed by atoms with Crippen LogP contribution in [-0.2, 0) is 16.0 Å². The molecule has 1 aromatic carbocycles. The first-order chi connectivity index (χ1) is 14.5. The molecule has 2 heterocycles. The van der Waals surface area contributed by atoms with Crippen molar-refractivity contribution < 1.29 is 18.7 Å². The van der Waals surface area contributed by atoms with E-state index < -0.39 is 11.9 Å². The largest absolute Gasteiger partial charge is 0.385 e. The van der Waals surface area contributed by atoms with Crippen molar-refractivity contribution >= 4 is 34.4 Å². The molecule has 3 N–H and O–H groups in total. The molecule has 3 aromatic rings. The van der Waals surface area contributed by atoms with E-state index in [0.29, 0.717) is 35.6 Å². The Kier molecular flexibility index (Phi) is 7.37. The van der Waals surface area contributed by atoms with Crippen LogP contribution < -0.4 is 10.6 Å². The molecule has 0 spiro atoms. The van der Waals surface area contributed by atoms with Crippen LogP contribution in [0, 0.1) is 5.82 Å². The van der Waals surface area contributed by atoms with Crippen molar-refractivity contribution in [2.75, 3.05) is 20.3 Å². The van der Waals surface area contributed by atoms with Crippen molar-refractivity contribution in [3.05, 3.63) is 64.7 Å². The van der Waals surface area contributed by atoms with Crippen LogP contribution in [0.5, 0.6) is 0 Å². The summed E-state index contributed by atoms with van der Waals surface area (Å²) in [5.74, 6) is -1.16. The molecule has 0 aliphatic heterocycles. The van der Waals surface area contributed by atoms with E-state index in [9.17, 15) is 14.0 Å². The molecule has 158 valence electrons. The van der Waals surface area contributed by atoms with Crippen LogP contribution in [0.3, 0.4) is 0 Å². The van der Waals surface area contributed by atoms with Gasteiger partial charge in [-0.25, -0.2) is 9.37 Å². The van der Waals surface area contributed by atoms with Crippen molar-refractivity contribution in [2.24, 2.45) is 0 Å². The van der Waals surface area contributed by atoms with Gasteiger partial charge in [-0.1, -0.05) is 23.7 Å². The number of carbonyl (C=O) groups is 2. The Morgan fingerprint density at radius 2 is 2.03 bits per heavy atom. The minimum Gasteiger partial charge on any atom is -0.385 e. The number of carbonyl (C=O) groups excluding carboxylic acids is 2. The number of halogens is 2. The highest BCUT2D eigenvalue weighted by Gasteiger charge is 2.23. The van der Waals surface area contributed by atoms with E-state index >= 15 is 0 Å². The highest BCUT2D eigenvalue weighted by molar-refractivity contribution is 6.31. The van der Waals surface area contributed by atoms with Crippen LogP contribution >= 0.6 is 11.6 Å². The summed E-state index contributed by atoms with van der Waals surface area (Å²) in [4.78, 5) is 32.5. The molecule has 7 nitrogen and oxygen atoms in total. The lowest BCUT2D eigenvalue weighted by atomic mass is 10.0. The molecule has 9 heteroatoms. The monoisotopic (exact) mass is 432 g/mol.